The van der Waals surface area contributed by atoms with E-state index in [1.165, 1.54) is 11.3 Å². The van der Waals surface area contributed by atoms with Crippen LogP contribution in [0.3, 0.4) is 0 Å². The molecule has 20 heavy (non-hydrogen) atoms. The van der Waals surface area contributed by atoms with Gasteiger partial charge in [0.1, 0.15) is 6.10 Å². The highest BCUT2D eigenvalue weighted by Crippen LogP contribution is 2.35. The first-order valence-electron chi connectivity index (χ1n) is 6.91. The second-order valence-corrected chi connectivity index (χ2v) is 6.42. The van der Waals surface area contributed by atoms with Gasteiger partial charge in [-0.2, -0.15) is 11.3 Å². The summed E-state index contributed by atoms with van der Waals surface area (Å²) in [6.45, 7) is 1.45. The summed E-state index contributed by atoms with van der Waals surface area (Å²) < 4.78 is 5.76. The number of rotatable bonds is 1. The second kappa shape index (κ2) is 5.44. The summed E-state index contributed by atoms with van der Waals surface area (Å²) in [5.41, 5.74) is 0.371. The third-order valence-electron chi connectivity index (χ3n) is 4.32. The van der Waals surface area contributed by atoms with Crippen molar-refractivity contribution in [3.05, 3.63) is 22.4 Å². The highest BCUT2D eigenvalue weighted by molar-refractivity contribution is 7.08. The van der Waals surface area contributed by atoms with Gasteiger partial charge in [0.15, 0.2) is 0 Å². The van der Waals surface area contributed by atoms with Gasteiger partial charge in [0.2, 0.25) is 0 Å². The van der Waals surface area contributed by atoms with Crippen LogP contribution in [0.5, 0.6) is 0 Å². The molecule has 0 aliphatic carbocycles. The van der Waals surface area contributed by atoms with Gasteiger partial charge in [-0.05, 0) is 24.3 Å². The fourth-order valence-corrected chi connectivity index (χ4v) is 3.61. The molecule has 3 heterocycles. The largest absolute Gasteiger partial charge is 0.390 e. The van der Waals surface area contributed by atoms with E-state index in [0.717, 1.165) is 5.56 Å². The summed E-state index contributed by atoms with van der Waals surface area (Å²) in [7, 11) is 0. The van der Waals surface area contributed by atoms with Crippen LogP contribution in [0.1, 0.15) is 29.6 Å². The Balaban J connectivity index is 1.61. The first-order valence-corrected chi connectivity index (χ1v) is 7.85. The zero-order valence-electron chi connectivity index (χ0n) is 11.2. The normalized spacial score (nSPS) is 29.6. The monoisotopic (exact) mass is 297 g/mol. The molecular weight excluding hydrogens is 278 g/mol. The number of carbonyl (C=O) groups excluding carboxylic acids is 1. The summed E-state index contributed by atoms with van der Waals surface area (Å²) in [5.74, 6) is 0.0671. The molecule has 0 bridgehead atoms. The maximum atomic E-state index is 12.3. The van der Waals surface area contributed by atoms with Crippen LogP contribution < -0.4 is 0 Å². The molecule has 1 amide bonds. The van der Waals surface area contributed by atoms with E-state index in [0.29, 0.717) is 32.4 Å². The van der Waals surface area contributed by atoms with E-state index >= 15 is 0 Å². The minimum Gasteiger partial charge on any atom is -0.390 e. The summed E-state index contributed by atoms with van der Waals surface area (Å²) in [5, 5.41) is 23.1. The van der Waals surface area contributed by atoms with Gasteiger partial charge in [-0.15, -0.1) is 0 Å². The Kier molecular flexibility index (Phi) is 3.81. The number of nitrogens with zero attached hydrogens (tertiary/aromatic N) is 1. The maximum Gasteiger partial charge on any atom is 0.254 e. The average molecular weight is 297 g/mol. The molecule has 2 aliphatic rings. The Morgan fingerprint density at radius 2 is 2.10 bits per heavy atom. The van der Waals surface area contributed by atoms with Crippen LogP contribution in [-0.4, -0.2) is 58.5 Å². The van der Waals surface area contributed by atoms with Crippen LogP contribution in [0.4, 0.5) is 0 Å². The summed E-state index contributed by atoms with van der Waals surface area (Å²) >= 11 is 1.52. The van der Waals surface area contributed by atoms with E-state index in [-0.39, 0.29) is 18.1 Å². The van der Waals surface area contributed by atoms with E-state index in [9.17, 15) is 15.0 Å². The molecule has 2 saturated heterocycles. The molecule has 1 aromatic heterocycles. The van der Waals surface area contributed by atoms with Gasteiger partial charge in [0, 0.05) is 24.9 Å². The third kappa shape index (κ3) is 2.61. The van der Waals surface area contributed by atoms with Crippen molar-refractivity contribution in [2.45, 2.75) is 37.1 Å². The molecule has 2 N–H and O–H groups in total. The van der Waals surface area contributed by atoms with Crippen molar-refractivity contribution in [2.75, 3.05) is 19.7 Å². The van der Waals surface area contributed by atoms with Crippen molar-refractivity contribution in [2.24, 2.45) is 0 Å². The third-order valence-corrected chi connectivity index (χ3v) is 5.00. The highest BCUT2D eigenvalue weighted by atomic mass is 32.1. The smallest absolute Gasteiger partial charge is 0.254 e. The zero-order valence-corrected chi connectivity index (χ0v) is 12.0. The highest BCUT2D eigenvalue weighted by Gasteiger charge is 2.43. The first kappa shape index (κ1) is 14.0. The first-order chi connectivity index (χ1) is 9.60. The van der Waals surface area contributed by atoms with Crippen LogP contribution in [-0.2, 0) is 4.74 Å². The number of piperidine rings is 1. The molecule has 2 fully saturated rings. The lowest BCUT2D eigenvalue weighted by molar-refractivity contribution is -0.185. The Morgan fingerprint density at radius 3 is 2.70 bits per heavy atom. The van der Waals surface area contributed by atoms with Crippen molar-refractivity contribution >= 4 is 17.2 Å². The quantitative estimate of drug-likeness (QED) is 0.807. The number of amides is 1. The Hall–Kier alpha value is -0.950. The molecule has 3 rings (SSSR count). The molecule has 2 atom stereocenters. The Bertz CT molecular complexity index is 468. The van der Waals surface area contributed by atoms with Gasteiger partial charge < -0.3 is 19.8 Å². The number of carbonyl (C=O) groups is 1. The molecule has 0 radical (unpaired) electrons. The van der Waals surface area contributed by atoms with E-state index < -0.39 is 12.2 Å². The van der Waals surface area contributed by atoms with Gasteiger partial charge >= 0.3 is 0 Å². The number of hydrogen-bond donors (Lipinski definition) is 2. The van der Waals surface area contributed by atoms with Gasteiger partial charge in [0.25, 0.3) is 5.91 Å². The molecule has 110 valence electrons. The minimum absolute atomic E-state index is 0.0671. The van der Waals surface area contributed by atoms with Gasteiger partial charge in [-0.25, -0.2) is 0 Å². The predicted octanol–water partition coefficient (Wildman–Crippen LogP) is 0.865. The zero-order chi connectivity index (χ0) is 14.2. The number of ether oxygens (including phenoxy) is 1. The van der Waals surface area contributed by atoms with E-state index in [2.05, 4.69) is 0 Å². The minimum atomic E-state index is -0.786. The summed E-state index contributed by atoms with van der Waals surface area (Å²) in [4.78, 5) is 14.1. The number of aliphatic hydroxyl groups is 2. The molecular formula is C14H19NO4S. The van der Waals surface area contributed by atoms with Gasteiger partial charge in [-0.3, -0.25) is 4.79 Å². The van der Waals surface area contributed by atoms with Crippen molar-refractivity contribution in [1.29, 1.82) is 0 Å². The average Bonchev–Trinajstić information content (AvgIpc) is 2.98. The number of hydrogen-bond acceptors (Lipinski definition) is 5. The van der Waals surface area contributed by atoms with Crippen LogP contribution in [0.2, 0.25) is 0 Å². The standard InChI is InChI=1S/C14H19NO4S/c16-11-7-14(19-8-12(11)17)2-4-15(5-3-14)13(18)10-1-6-20-9-10/h1,6,9,11-12,16-17H,2-5,7-8H2/t11-,12+/m1/s1. The van der Waals surface area contributed by atoms with Crippen molar-refractivity contribution in [1.82, 2.24) is 4.90 Å². The van der Waals surface area contributed by atoms with Crippen molar-refractivity contribution in [3.63, 3.8) is 0 Å². The summed E-state index contributed by atoms with van der Waals surface area (Å²) in [6.07, 6.45) is 0.377. The fourth-order valence-electron chi connectivity index (χ4n) is 2.98. The predicted molar refractivity (Wildman–Crippen MR) is 74.8 cm³/mol. The molecule has 0 aromatic carbocycles. The fraction of sp³-hybridized carbons (Fsp3) is 0.643. The van der Waals surface area contributed by atoms with E-state index in [1.807, 2.05) is 21.7 Å². The molecule has 0 unspecified atom stereocenters. The molecule has 1 aromatic rings. The lowest BCUT2D eigenvalue weighted by Crippen LogP contribution is -2.55. The molecule has 0 saturated carbocycles. The van der Waals surface area contributed by atoms with Crippen molar-refractivity contribution in [3.8, 4) is 0 Å². The van der Waals surface area contributed by atoms with E-state index in [4.69, 9.17) is 4.74 Å². The lowest BCUT2D eigenvalue weighted by atomic mass is 9.82. The molecule has 1 spiro atoms. The molecule has 5 nitrogen and oxygen atoms in total. The van der Waals surface area contributed by atoms with Gasteiger partial charge in [-0.1, -0.05) is 0 Å². The molecule has 2 aliphatic heterocycles. The van der Waals surface area contributed by atoms with E-state index in [1.54, 1.807) is 0 Å². The lowest BCUT2D eigenvalue weighted by Gasteiger charge is -2.46. The van der Waals surface area contributed by atoms with Crippen molar-refractivity contribution < 1.29 is 19.7 Å². The SMILES string of the molecule is O=C(c1ccsc1)N1CCC2(CC1)C[C@@H](O)[C@@H](O)CO2. The maximum absolute atomic E-state index is 12.3. The Labute approximate surface area is 121 Å². The Morgan fingerprint density at radius 1 is 1.35 bits per heavy atom. The topological polar surface area (TPSA) is 70.0 Å². The second-order valence-electron chi connectivity index (χ2n) is 5.64. The molecule has 6 heteroatoms. The number of aliphatic hydroxyl groups excluding tert-OH is 2. The number of thiophene rings is 1. The van der Waals surface area contributed by atoms with Crippen LogP contribution >= 0.6 is 11.3 Å². The van der Waals surface area contributed by atoms with Gasteiger partial charge in [0.05, 0.1) is 23.9 Å². The summed E-state index contributed by atoms with van der Waals surface area (Å²) in [6, 6.07) is 1.84. The number of likely N-dealkylation sites (tertiary alicyclic amines) is 1. The van der Waals surface area contributed by atoms with Crippen LogP contribution in [0.25, 0.3) is 0 Å². The van der Waals surface area contributed by atoms with Crippen LogP contribution in [0.15, 0.2) is 16.8 Å². The van der Waals surface area contributed by atoms with Crippen LogP contribution in [0, 0.1) is 0 Å².